The lowest BCUT2D eigenvalue weighted by molar-refractivity contribution is 0.129. The zero-order valence-corrected chi connectivity index (χ0v) is 11.3. The summed E-state index contributed by atoms with van der Waals surface area (Å²) in [4.78, 5) is 0.174. The number of halogens is 1. The fourth-order valence-electron chi connectivity index (χ4n) is 2.46. The molecule has 2 N–H and O–H groups in total. The van der Waals surface area contributed by atoms with E-state index in [0.717, 1.165) is 12.8 Å². The molecular weight excluding hydrogens is 249 g/mol. The number of hydrogen-bond acceptors (Lipinski definition) is 2. The van der Waals surface area contributed by atoms with Crippen molar-refractivity contribution in [2.45, 2.75) is 38.7 Å². The largest absolute Gasteiger partial charge is 0.490 e. The fourth-order valence-corrected chi connectivity index (χ4v) is 2.62. The molecule has 2 atom stereocenters. The predicted molar refractivity (Wildman–Crippen MR) is 74.3 cm³/mol. The van der Waals surface area contributed by atoms with Gasteiger partial charge in [0.15, 0.2) is 0 Å². The standard InChI is InChI=1S/C14H18FNOS/c1-9-3-2-4-11(7-9)17-13-6-5-10(15)8-12(13)14(16)18/h5-6,8-9,11H,2-4,7H2,1H3,(H2,16,18). The van der Waals surface area contributed by atoms with Gasteiger partial charge >= 0.3 is 0 Å². The highest BCUT2D eigenvalue weighted by Crippen LogP contribution is 2.29. The fraction of sp³-hybridized carbons (Fsp3) is 0.500. The molecule has 0 amide bonds. The van der Waals surface area contributed by atoms with E-state index < -0.39 is 0 Å². The van der Waals surface area contributed by atoms with E-state index in [0.29, 0.717) is 17.2 Å². The summed E-state index contributed by atoms with van der Waals surface area (Å²) in [6, 6.07) is 4.33. The molecule has 0 saturated heterocycles. The molecule has 0 spiro atoms. The molecular formula is C14H18FNOS. The van der Waals surface area contributed by atoms with Crippen LogP contribution in [0.1, 0.15) is 38.2 Å². The summed E-state index contributed by atoms with van der Waals surface area (Å²) in [6.07, 6.45) is 4.69. The minimum absolute atomic E-state index is 0.174. The highest BCUT2D eigenvalue weighted by atomic mass is 32.1. The first-order valence-corrected chi connectivity index (χ1v) is 6.73. The van der Waals surface area contributed by atoms with Gasteiger partial charge in [0.25, 0.3) is 0 Å². The summed E-state index contributed by atoms with van der Waals surface area (Å²) in [5.41, 5.74) is 6.09. The Kier molecular flexibility index (Phi) is 4.17. The van der Waals surface area contributed by atoms with Crippen molar-refractivity contribution in [2.75, 3.05) is 0 Å². The van der Waals surface area contributed by atoms with Gasteiger partial charge in [-0.2, -0.15) is 0 Å². The minimum atomic E-state index is -0.345. The Bertz CT molecular complexity index is 449. The molecule has 2 unspecified atom stereocenters. The normalized spacial score (nSPS) is 23.7. The van der Waals surface area contributed by atoms with E-state index >= 15 is 0 Å². The van der Waals surface area contributed by atoms with Crippen LogP contribution in [0.25, 0.3) is 0 Å². The Hall–Kier alpha value is -1.16. The van der Waals surface area contributed by atoms with Crippen molar-refractivity contribution in [2.24, 2.45) is 11.7 Å². The van der Waals surface area contributed by atoms with Gasteiger partial charge in [0, 0.05) is 0 Å². The molecule has 2 rings (SSSR count). The van der Waals surface area contributed by atoms with Gasteiger partial charge in [0.2, 0.25) is 0 Å². The summed E-state index contributed by atoms with van der Waals surface area (Å²) in [7, 11) is 0. The topological polar surface area (TPSA) is 35.2 Å². The van der Waals surface area contributed by atoms with Crippen LogP contribution in [0.2, 0.25) is 0 Å². The summed E-state index contributed by atoms with van der Waals surface area (Å²) in [5, 5.41) is 0. The summed E-state index contributed by atoms with van der Waals surface area (Å²) >= 11 is 4.93. The lowest BCUT2D eigenvalue weighted by Gasteiger charge is -2.28. The van der Waals surface area contributed by atoms with E-state index in [1.807, 2.05) is 0 Å². The van der Waals surface area contributed by atoms with E-state index in [9.17, 15) is 4.39 Å². The Balaban J connectivity index is 2.15. The second kappa shape index (κ2) is 5.65. The summed E-state index contributed by atoms with van der Waals surface area (Å²) in [5.74, 6) is 0.933. The number of thiocarbonyl (C=S) groups is 1. The first-order chi connectivity index (χ1) is 8.56. The van der Waals surface area contributed by atoms with Gasteiger partial charge in [-0.3, -0.25) is 0 Å². The van der Waals surface area contributed by atoms with Gasteiger partial charge in [-0.15, -0.1) is 0 Å². The van der Waals surface area contributed by atoms with Crippen LogP contribution in [0.5, 0.6) is 5.75 Å². The Morgan fingerprint density at radius 2 is 2.22 bits per heavy atom. The molecule has 1 aromatic rings. The number of nitrogens with two attached hydrogens (primary N) is 1. The van der Waals surface area contributed by atoms with Crippen LogP contribution in [-0.4, -0.2) is 11.1 Å². The highest BCUT2D eigenvalue weighted by molar-refractivity contribution is 7.80. The van der Waals surface area contributed by atoms with E-state index in [1.54, 1.807) is 6.07 Å². The highest BCUT2D eigenvalue weighted by Gasteiger charge is 2.21. The second-order valence-electron chi connectivity index (χ2n) is 5.02. The predicted octanol–water partition coefficient (Wildman–Crippen LogP) is 3.42. The molecule has 4 heteroatoms. The van der Waals surface area contributed by atoms with Crippen LogP contribution in [0.4, 0.5) is 4.39 Å². The third-order valence-corrected chi connectivity index (χ3v) is 3.61. The maximum absolute atomic E-state index is 13.2. The van der Waals surface area contributed by atoms with Gasteiger partial charge in [0.05, 0.1) is 11.7 Å². The first-order valence-electron chi connectivity index (χ1n) is 6.32. The smallest absolute Gasteiger partial charge is 0.130 e. The molecule has 0 heterocycles. The first kappa shape index (κ1) is 13.3. The molecule has 1 fully saturated rings. The van der Waals surface area contributed by atoms with E-state index in [-0.39, 0.29) is 16.9 Å². The molecule has 1 aromatic carbocycles. The van der Waals surface area contributed by atoms with Gasteiger partial charge in [0.1, 0.15) is 16.6 Å². The molecule has 0 bridgehead atoms. The molecule has 0 aliphatic heterocycles. The third kappa shape index (κ3) is 3.19. The Labute approximate surface area is 112 Å². The number of rotatable bonds is 3. The molecule has 1 saturated carbocycles. The SMILES string of the molecule is CC1CCCC(Oc2ccc(F)cc2C(N)=S)C1. The zero-order chi connectivity index (χ0) is 13.1. The molecule has 0 aromatic heterocycles. The van der Waals surface area contributed by atoms with Crippen LogP contribution in [-0.2, 0) is 0 Å². The van der Waals surface area contributed by atoms with Crippen molar-refractivity contribution in [3.63, 3.8) is 0 Å². The molecule has 18 heavy (non-hydrogen) atoms. The van der Waals surface area contributed by atoms with E-state index in [4.69, 9.17) is 22.7 Å². The minimum Gasteiger partial charge on any atom is -0.490 e. The van der Waals surface area contributed by atoms with Crippen LogP contribution in [0.15, 0.2) is 18.2 Å². The van der Waals surface area contributed by atoms with Crippen molar-refractivity contribution in [3.05, 3.63) is 29.6 Å². The molecule has 1 aliphatic rings. The molecule has 0 radical (unpaired) electrons. The van der Waals surface area contributed by atoms with Crippen LogP contribution < -0.4 is 10.5 Å². The maximum Gasteiger partial charge on any atom is 0.130 e. The molecule has 1 aliphatic carbocycles. The molecule has 98 valence electrons. The third-order valence-electron chi connectivity index (χ3n) is 3.39. The van der Waals surface area contributed by atoms with Crippen molar-refractivity contribution in [1.29, 1.82) is 0 Å². The Morgan fingerprint density at radius 3 is 2.89 bits per heavy atom. The monoisotopic (exact) mass is 267 g/mol. The lowest BCUT2D eigenvalue weighted by atomic mass is 9.88. The average Bonchev–Trinajstić information content (AvgIpc) is 2.31. The van der Waals surface area contributed by atoms with Crippen LogP contribution in [0, 0.1) is 11.7 Å². The molecule has 2 nitrogen and oxygen atoms in total. The van der Waals surface area contributed by atoms with Gasteiger partial charge < -0.3 is 10.5 Å². The van der Waals surface area contributed by atoms with E-state index in [2.05, 4.69) is 6.92 Å². The van der Waals surface area contributed by atoms with E-state index in [1.165, 1.54) is 25.0 Å². The Morgan fingerprint density at radius 1 is 1.44 bits per heavy atom. The van der Waals surface area contributed by atoms with Gasteiger partial charge in [-0.05, 0) is 43.4 Å². The lowest BCUT2D eigenvalue weighted by Crippen LogP contribution is -2.25. The van der Waals surface area contributed by atoms with Gasteiger partial charge in [-0.25, -0.2) is 4.39 Å². The maximum atomic E-state index is 13.2. The van der Waals surface area contributed by atoms with Crippen molar-refractivity contribution in [1.82, 2.24) is 0 Å². The number of hydrogen-bond donors (Lipinski definition) is 1. The van der Waals surface area contributed by atoms with Gasteiger partial charge in [-0.1, -0.05) is 25.6 Å². The van der Waals surface area contributed by atoms with Crippen LogP contribution >= 0.6 is 12.2 Å². The van der Waals surface area contributed by atoms with Crippen molar-refractivity contribution >= 4 is 17.2 Å². The second-order valence-corrected chi connectivity index (χ2v) is 5.46. The number of ether oxygens (including phenoxy) is 1. The zero-order valence-electron chi connectivity index (χ0n) is 10.5. The summed E-state index contributed by atoms with van der Waals surface area (Å²) < 4.78 is 19.1. The quantitative estimate of drug-likeness (QED) is 0.852. The summed E-state index contributed by atoms with van der Waals surface area (Å²) in [6.45, 7) is 2.23. The van der Waals surface area contributed by atoms with Crippen LogP contribution in [0.3, 0.4) is 0 Å². The number of benzene rings is 1. The van der Waals surface area contributed by atoms with Crippen molar-refractivity contribution in [3.8, 4) is 5.75 Å². The average molecular weight is 267 g/mol. The van der Waals surface area contributed by atoms with Crippen molar-refractivity contribution < 1.29 is 9.13 Å².